The molecular formula is C21H18F3N5O3. The number of hydrogen-bond donors (Lipinski definition) is 3. The molecule has 32 heavy (non-hydrogen) atoms. The lowest BCUT2D eigenvalue weighted by Crippen LogP contribution is -2.33. The van der Waals surface area contributed by atoms with E-state index in [1.165, 1.54) is 41.2 Å². The number of rotatable bonds is 6. The van der Waals surface area contributed by atoms with Gasteiger partial charge in [-0.25, -0.2) is 4.68 Å². The van der Waals surface area contributed by atoms with Crippen molar-refractivity contribution in [2.75, 3.05) is 11.9 Å². The van der Waals surface area contributed by atoms with Crippen LogP contribution >= 0.6 is 0 Å². The van der Waals surface area contributed by atoms with Gasteiger partial charge in [0.15, 0.2) is 0 Å². The van der Waals surface area contributed by atoms with Gasteiger partial charge in [0, 0.05) is 11.3 Å². The largest absolute Gasteiger partial charge is 0.416 e. The SMILES string of the molecule is Cc1c(C(=O)Nc2cccc(C(=O)NCC(N)=O)c2)cnn1-c1cccc(C(F)(F)F)c1. The molecule has 3 rings (SSSR count). The summed E-state index contributed by atoms with van der Waals surface area (Å²) in [5.74, 6) is -1.81. The van der Waals surface area contributed by atoms with Crippen LogP contribution in [0.3, 0.4) is 0 Å². The Morgan fingerprint density at radius 2 is 1.78 bits per heavy atom. The van der Waals surface area contributed by atoms with E-state index in [1.54, 1.807) is 13.0 Å². The number of carbonyl (C=O) groups is 3. The van der Waals surface area contributed by atoms with Crippen molar-refractivity contribution in [2.45, 2.75) is 13.1 Å². The molecule has 4 N–H and O–H groups in total. The number of carbonyl (C=O) groups excluding carboxylic acids is 3. The quantitative estimate of drug-likeness (QED) is 0.540. The Kier molecular flexibility index (Phi) is 6.28. The van der Waals surface area contributed by atoms with Crippen molar-refractivity contribution in [1.82, 2.24) is 15.1 Å². The van der Waals surface area contributed by atoms with Crippen molar-refractivity contribution < 1.29 is 27.6 Å². The van der Waals surface area contributed by atoms with E-state index in [9.17, 15) is 27.6 Å². The molecule has 0 aliphatic carbocycles. The summed E-state index contributed by atoms with van der Waals surface area (Å²) < 4.78 is 40.2. The summed E-state index contributed by atoms with van der Waals surface area (Å²) in [5, 5.41) is 8.99. The standard InChI is InChI=1S/C21H18F3N5O3/c1-12-17(10-27-29(12)16-7-3-5-14(9-16)21(22,23)24)20(32)28-15-6-2-4-13(8-15)19(31)26-11-18(25)30/h2-10H,11H2,1H3,(H2,25,30)(H,26,31)(H,28,32). The summed E-state index contributed by atoms with van der Waals surface area (Å²) in [4.78, 5) is 35.5. The maximum absolute atomic E-state index is 13.0. The minimum Gasteiger partial charge on any atom is -0.368 e. The lowest BCUT2D eigenvalue weighted by molar-refractivity contribution is -0.137. The number of primary amides is 1. The Labute approximate surface area is 180 Å². The van der Waals surface area contributed by atoms with Crippen molar-refractivity contribution in [3.8, 4) is 5.69 Å². The molecule has 0 saturated heterocycles. The Morgan fingerprint density at radius 1 is 1.06 bits per heavy atom. The first kappa shape index (κ1) is 22.5. The molecule has 0 radical (unpaired) electrons. The van der Waals surface area contributed by atoms with Crippen LogP contribution < -0.4 is 16.4 Å². The summed E-state index contributed by atoms with van der Waals surface area (Å²) in [6.45, 7) is 1.22. The molecule has 0 aliphatic rings. The van der Waals surface area contributed by atoms with Gasteiger partial charge in [-0.3, -0.25) is 14.4 Å². The van der Waals surface area contributed by atoms with Gasteiger partial charge in [-0.2, -0.15) is 18.3 Å². The summed E-state index contributed by atoms with van der Waals surface area (Å²) >= 11 is 0. The van der Waals surface area contributed by atoms with E-state index < -0.39 is 29.5 Å². The van der Waals surface area contributed by atoms with Crippen LogP contribution in [0.15, 0.2) is 54.7 Å². The van der Waals surface area contributed by atoms with Crippen LogP contribution in [0, 0.1) is 6.92 Å². The lowest BCUT2D eigenvalue weighted by atomic mass is 10.1. The molecule has 3 amide bonds. The maximum atomic E-state index is 13.0. The minimum absolute atomic E-state index is 0.144. The topological polar surface area (TPSA) is 119 Å². The predicted molar refractivity (Wildman–Crippen MR) is 109 cm³/mol. The normalized spacial score (nSPS) is 11.1. The molecule has 0 atom stereocenters. The van der Waals surface area contributed by atoms with E-state index in [0.717, 1.165) is 12.1 Å². The number of benzene rings is 2. The molecule has 0 bridgehead atoms. The van der Waals surface area contributed by atoms with Gasteiger partial charge in [0.25, 0.3) is 11.8 Å². The second kappa shape index (κ2) is 8.92. The zero-order chi connectivity index (χ0) is 23.5. The second-order valence-corrected chi connectivity index (χ2v) is 6.79. The molecule has 0 aliphatic heterocycles. The first-order valence-corrected chi connectivity index (χ1v) is 9.26. The van der Waals surface area contributed by atoms with Crippen molar-refractivity contribution in [3.63, 3.8) is 0 Å². The zero-order valence-electron chi connectivity index (χ0n) is 16.7. The Morgan fingerprint density at radius 3 is 2.47 bits per heavy atom. The molecule has 3 aromatic rings. The fourth-order valence-corrected chi connectivity index (χ4v) is 2.91. The van der Waals surface area contributed by atoms with E-state index in [4.69, 9.17) is 5.73 Å². The Hall–Kier alpha value is -4.15. The van der Waals surface area contributed by atoms with E-state index in [0.29, 0.717) is 11.4 Å². The molecule has 2 aromatic carbocycles. The van der Waals surface area contributed by atoms with Crippen molar-refractivity contribution in [2.24, 2.45) is 5.73 Å². The average Bonchev–Trinajstić information content (AvgIpc) is 3.13. The summed E-state index contributed by atoms with van der Waals surface area (Å²) in [6, 6.07) is 10.6. The number of alkyl halides is 3. The number of anilines is 1. The molecular weight excluding hydrogens is 427 g/mol. The molecule has 0 unspecified atom stereocenters. The van der Waals surface area contributed by atoms with Gasteiger partial charge in [0.05, 0.1) is 35.2 Å². The number of nitrogens with one attached hydrogen (secondary N) is 2. The fraction of sp³-hybridized carbons (Fsp3) is 0.143. The molecule has 1 aromatic heterocycles. The molecule has 0 saturated carbocycles. The van der Waals surface area contributed by atoms with Crippen LogP contribution in [0.1, 0.15) is 32.0 Å². The molecule has 11 heteroatoms. The average molecular weight is 445 g/mol. The molecule has 0 fully saturated rings. The first-order chi connectivity index (χ1) is 15.1. The van der Waals surface area contributed by atoms with Gasteiger partial charge in [0.2, 0.25) is 5.91 Å². The van der Waals surface area contributed by atoms with Crippen molar-refractivity contribution in [1.29, 1.82) is 0 Å². The van der Waals surface area contributed by atoms with Gasteiger partial charge in [-0.1, -0.05) is 12.1 Å². The van der Waals surface area contributed by atoms with Crippen LogP contribution in [0.2, 0.25) is 0 Å². The molecule has 1 heterocycles. The lowest BCUT2D eigenvalue weighted by Gasteiger charge is -2.10. The van der Waals surface area contributed by atoms with E-state index in [1.807, 2.05) is 0 Å². The summed E-state index contributed by atoms with van der Waals surface area (Å²) in [5.41, 5.74) is 5.29. The first-order valence-electron chi connectivity index (χ1n) is 9.26. The van der Waals surface area contributed by atoms with Gasteiger partial charge in [0.1, 0.15) is 0 Å². The fourth-order valence-electron chi connectivity index (χ4n) is 2.91. The highest BCUT2D eigenvalue weighted by molar-refractivity contribution is 6.06. The number of amides is 3. The van der Waals surface area contributed by atoms with Crippen LogP contribution in [0.5, 0.6) is 0 Å². The Bertz CT molecular complexity index is 1190. The van der Waals surface area contributed by atoms with E-state index >= 15 is 0 Å². The number of hydrogen-bond acceptors (Lipinski definition) is 4. The van der Waals surface area contributed by atoms with E-state index in [2.05, 4.69) is 15.7 Å². The van der Waals surface area contributed by atoms with Gasteiger partial charge in [-0.15, -0.1) is 0 Å². The third-order valence-electron chi connectivity index (χ3n) is 4.48. The Balaban J connectivity index is 1.79. The molecule has 166 valence electrons. The van der Waals surface area contributed by atoms with Gasteiger partial charge >= 0.3 is 6.18 Å². The third kappa shape index (κ3) is 5.12. The van der Waals surface area contributed by atoms with Gasteiger partial charge < -0.3 is 16.4 Å². The number of halogens is 3. The van der Waals surface area contributed by atoms with Crippen LogP contribution in [-0.4, -0.2) is 34.0 Å². The summed E-state index contributed by atoms with van der Waals surface area (Å²) in [7, 11) is 0. The van der Waals surface area contributed by atoms with E-state index in [-0.39, 0.29) is 23.4 Å². The van der Waals surface area contributed by atoms with Crippen LogP contribution in [0.25, 0.3) is 5.69 Å². The highest BCUT2D eigenvalue weighted by Crippen LogP contribution is 2.30. The monoisotopic (exact) mass is 445 g/mol. The predicted octanol–water partition coefficient (Wildman–Crippen LogP) is 2.67. The van der Waals surface area contributed by atoms with Crippen molar-refractivity contribution >= 4 is 23.4 Å². The van der Waals surface area contributed by atoms with Crippen molar-refractivity contribution in [3.05, 3.63) is 77.1 Å². The van der Waals surface area contributed by atoms with Gasteiger partial charge in [-0.05, 0) is 43.3 Å². The number of nitrogens with two attached hydrogens (primary N) is 1. The highest BCUT2D eigenvalue weighted by atomic mass is 19.4. The number of aromatic nitrogens is 2. The number of nitrogens with zero attached hydrogens (tertiary/aromatic N) is 2. The third-order valence-corrected chi connectivity index (χ3v) is 4.48. The smallest absolute Gasteiger partial charge is 0.368 e. The maximum Gasteiger partial charge on any atom is 0.416 e. The molecule has 8 nitrogen and oxygen atoms in total. The zero-order valence-corrected chi connectivity index (χ0v) is 16.7. The highest BCUT2D eigenvalue weighted by Gasteiger charge is 2.30. The van der Waals surface area contributed by atoms with Crippen LogP contribution in [-0.2, 0) is 11.0 Å². The van der Waals surface area contributed by atoms with Crippen LogP contribution in [0.4, 0.5) is 18.9 Å². The molecule has 0 spiro atoms. The summed E-state index contributed by atoms with van der Waals surface area (Å²) in [6.07, 6.45) is -3.26. The second-order valence-electron chi connectivity index (χ2n) is 6.79. The minimum atomic E-state index is -4.51.